The summed E-state index contributed by atoms with van der Waals surface area (Å²) in [7, 11) is 0. The van der Waals surface area contributed by atoms with Crippen molar-refractivity contribution in [2.24, 2.45) is 0 Å². The van der Waals surface area contributed by atoms with Gasteiger partial charge in [-0.15, -0.1) is 0 Å². The van der Waals surface area contributed by atoms with Crippen LogP contribution in [0, 0.1) is 5.82 Å². The van der Waals surface area contributed by atoms with Gasteiger partial charge in [-0.3, -0.25) is 0 Å². The molecule has 3 rings (SSSR count). The van der Waals surface area contributed by atoms with Crippen LogP contribution < -0.4 is 10.6 Å². The van der Waals surface area contributed by atoms with Crippen molar-refractivity contribution in [1.29, 1.82) is 0 Å². The molecule has 1 heterocycles. The Balaban J connectivity index is 1.55. The number of hydrogen-bond acceptors (Lipinski definition) is 3. The van der Waals surface area contributed by atoms with Gasteiger partial charge in [-0.1, -0.05) is 30.3 Å². The van der Waals surface area contributed by atoms with Gasteiger partial charge in [-0.05, 0) is 23.8 Å². The number of amides is 3. The molecular formula is C18H18FN3O3. The van der Waals surface area contributed by atoms with Gasteiger partial charge in [-0.2, -0.15) is 0 Å². The SMILES string of the molecule is O=C(NCc1ccccc1F)Nc1cccc(CN2CCOC2=O)c1. The van der Waals surface area contributed by atoms with Crippen molar-refractivity contribution in [3.63, 3.8) is 0 Å². The zero-order valence-electron chi connectivity index (χ0n) is 13.5. The lowest BCUT2D eigenvalue weighted by Gasteiger charge is -2.14. The van der Waals surface area contributed by atoms with Gasteiger partial charge in [0, 0.05) is 24.3 Å². The minimum Gasteiger partial charge on any atom is -0.448 e. The van der Waals surface area contributed by atoms with Crippen LogP contribution in [0.4, 0.5) is 19.7 Å². The maximum absolute atomic E-state index is 13.5. The molecule has 0 spiro atoms. The monoisotopic (exact) mass is 343 g/mol. The molecule has 1 fully saturated rings. The van der Waals surface area contributed by atoms with E-state index in [1.165, 1.54) is 6.07 Å². The third-order valence-corrected chi connectivity index (χ3v) is 3.80. The molecule has 0 unspecified atom stereocenters. The van der Waals surface area contributed by atoms with Gasteiger partial charge in [0.05, 0.1) is 6.54 Å². The third-order valence-electron chi connectivity index (χ3n) is 3.80. The topological polar surface area (TPSA) is 70.7 Å². The molecule has 0 aromatic heterocycles. The van der Waals surface area contributed by atoms with Crippen molar-refractivity contribution in [3.8, 4) is 0 Å². The zero-order valence-corrected chi connectivity index (χ0v) is 13.5. The Bertz CT molecular complexity index is 782. The van der Waals surface area contributed by atoms with E-state index in [9.17, 15) is 14.0 Å². The third kappa shape index (κ3) is 4.47. The van der Waals surface area contributed by atoms with Gasteiger partial charge in [0.2, 0.25) is 0 Å². The summed E-state index contributed by atoms with van der Waals surface area (Å²) >= 11 is 0. The predicted molar refractivity (Wildman–Crippen MR) is 90.5 cm³/mol. The van der Waals surface area contributed by atoms with Gasteiger partial charge in [-0.25, -0.2) is 14.0 Å². The molecule has 0 saturated carbocycles. The summed E-state index contributed by atoms with van der Waals surface area (Å²) in [5.74, 6) is -0.359. The number of anilines is 1. The van der Waals surface area contributed by atoms with Crippen LogP contribution in [0.25, 0.3) is 0 Å². The summed E-state index contributed by atoms with van der Waals surface area (Å²) in [4.78, 5) is 25.1. The van der Waals surface area contributed by atoms with E-state index >= 15 is 0 Å². The molecule has 0 atom stereocenters. The summed E-state index contributed by atoms with van der Waals surface area (Å²) in [6, 6.07) is 13.0. The van der Waals surface area contributed by atoms with Crippen LogP contribution in [-0.2, 0) is 17.8 Å². The molecule has 0 aliphatic carbocycles. The van der Waals surface area contributed by atoms with E-state index in [1.807, 2.05) is 6.07 Å². The number of carbonyl (C=O) groups is 2. The highest BCUT2D eigenvalue weighted by Gasteiger charge is 2.21. The zero-order chi connectivity index (χ0) is 17.6. The van der Waals surface area contributed by atoms with Crippen molar-refractivity contribution in [2.45, 2.75) is 13.1 Å². The molecule has 3 amide bonds. The van der Waals surface area contributed by atoms with E-state index < -0.39 is 6.03 Å². The summed E-state index contributed by atoms with van der Waals surface area (Å²) < 4.78 is 18.4. The molecule has 2 N–H and O–H groups in total. The number of nitrogens with zero attached hydrogens (tertiary/aromatic N) is 1. The van der Waals surface area contributed by atoms with Crippen molar-refractivity contribution in [3.05, 3.63) is 65.5 Å². The van der Waals surface area contributed by atoms with Crippen LogP contribution in [0.2, 0.25) is 0 Å². The second-order valence-electron chi connectivity index (χ2n) is 5.64. The van der Waals surface area contributed by atoms with E-state index in [0.29, 0.717) is 30.9 Å². The molecule has 2 aromatic carbocycles. The number of carbonyl (C=O) groups excluding carboxylic acids is 2. The fourth-order valence-electron chi connectivity index (χ4n) is 2.53. The van der Waals surface area contributed by atoms with Crippen LogP contribution in [0.1, 0.15) is 11.1 Å². The number of cyclic esters (lactones) is 1. The Morgan fingerprint density at radius 3 is 2.80 bits per heavy atom. The number of urea groups is 1. The van der Waals surface area contributed by atoms with Crippen molar-refractivity contribution < 1.29 is 18.7 Å². The Morgan fingerprint density at radius 2 is 2.04 bits per heavy atom. The van der Waals surface area contributed by atoms with E-state index in [1.54, 1.807) is 41.3 Å². The van der Waals surface area contributed by atoms with Crippen molar-refractivity contribution in [2.75, 3.05) is 18.5 Å². The number of ether oxygens (including phenoxy) is 1. The molecule has 7 heteroatoms. The lowest BCUT2D eigenvalue weighted by atomic mass is 10.2. The molecule has 2 aromatic rings. The Labute approximate surface area is 144 Å². The number of halogens is 1. The summed E-state index contributed by atoms with van der Waals surface area (Å²) in [5.41, 5.74) is 1.89. The second kappa shape index (κ2) is 7.65. The fourth-order valence-corrected chi connectivity index (χ4v) is 2.53. The largest absolute Gasteiger partial charge is 0.448 e. The first-order valence-corrected chi connectivity index (χ1v) is 7.91. The molecule has 0 bridgehead atoms. The van der Waals surface area contributed by atoms with Crippen LogP contribution in [-0.4, -0.2) is 30.2 Å². The normalized spacial score (nSPS) is 13.5. The molecule has 25 heavy (non-hydrogen) atoms. The molecule has 1 saturated heterocycles. The summed E-state index contributed by atoms with van der Waals surface area (Å²) in [5, 5.41) is 5.31. The molecular weight excluding hydrogens is 325 g/mol. The highest BCUT2D eigenvalue weighted by molar-refractivity contribution is 5.89. The highest BCUT2D eigenvalue weighted by atomic mass is 19.1. The fraction of sp³-hybridized carbons (Fsp3) is 0.222. The Kier molecular flexibility index (Phi) is 5.13. The summed E-state index contributed by atoms with van der Waals surface area (Å²) in [6.45, 7) is 1.47. The number of nitrogens with one attached hydrogen (secondary N) is 2. The average Bonchev–Trinajstić information content (AvgIpc) is 2.99. The first kappa shape index (κ1) is 16.8. The van der Waals surface area contributed by atoms with Crippen LogP contribution in [0.15, 0.2) is 48.5 Å². The van der Waals surface area contributed by atoms with Gasteiger partial charge in [0.1, 0.15) is 12.4 Å². The van der Waals surface area contributed by atoms with Crippen LogP contribution in [0.5, 0.6) is 0 Å². The predicted octanol–water partition coefficient (Wildman–Crippen LogP) is 3.10. The quantitative estimate of drug-likeness (QED) is 0.876. The standard InChI is InChI=1S/C18H18FN3O3/c19-16-7-2-1-5-14(16)11-20-17(23)21-15-6-3-4-13(10-15)12-22-8-9-25-18(22)24/h1-7,10H,8-9,11-12H2,(H2,20,21,23). The van der Waals surface area contributed by atoms with Gasteiger partial charge >= 0.3 is 12.1 Å². The average molecular weight is 343 g/mol. The maximum atomic E-state index is 13.5. The highest BCUT2D eigenvalue weighted by Crippen LogP contribution is 2.15. The molecule has 1 aliphatic rings. The van der Waals surface area contributed by atoms with Gasteiger partial charge in [0.25, 0.3) is 0 Å². The number of benzene rings is 2. The smallest absolute Gasteiger partial charge is 0.410 e. The van der Waals surface area contributed by atoms with E-state index in [0.717, 1.165) is 5.56 Å². The minimum absolute atomic E-state index is 0.0951. The van der Waals surface area contributed by atoms with E-state index in [-0.39, 0.29) is 18.5 Å². The second-order valence-corrected chi connectivity index (χ2v) is 5.64. The number of hydrogen-bond donors (Lipinski definition) is 2. The van der Waals surface area contributed by atoms with Crippen molar-refractivity contribution in [1.82, 2.24) is 10.2 Å². The van der Waals surface area contributed by atoms with Crippen LogP contribution in [0.3, 0.4) is 0 Å². The summed E-state index contributed by atoms with van der Waals surface area (Å²) in [6.07, 6.45) is -0.332. The Hall–Kier alpha value is -3.09. The maximum Gasteiger partial charge on any atom is 0.410 e. The van der Waals surface area contributed by atoms with Crippen LogP contribution >= 0.6 is 0 Å². The minimum atomic E-state index is -0.430. The lowest BCUT2D eigenvalue weighted by molar-refractivity contribution is 0.157. The first-order chi connectivity index (χ1) is 12.1. The first-order valence-electron chi connectivity index (χ1n) is 7.91. The molecule has 1 aliphatic heterocycles. The van der Waals surface area contributed by atoms with E-state index in [2.05, 4.69) is 10.6 Å². The van der Waals surface area contributed by atoms with Gasteiger partial charge < -0.3 is 20.3 Å². The van der Waals surface area contributed by atoms with Gasteiger partial charge in [0.15, 0.2) is 0 Å². The number of rotatable bonds is 5. The molecule has 6 nitrogen and oxygen atoms in total. The van der Waals surface area contributed by atoms with E-state index in [4.69, 9.17) is 4.74 Å². The Morgan fingerprint density at radius 1 is 1.20 bits per heavy atom. The molecule has 0 radical (unpaired) electrons. The van der Waals surface area contributed by atoms with Crippen molar-refractivity contribution >= 4 is 17.8 Å². The molecule has 130 valence electrons. The lowest BCUT2D eigenvalue weighted by Crippen LogP contribution is -2.28.